The van der Waals surface area contributed by atoms with Crippen LogP contribution in [0.5, 0.6) is 0 Å². The lowest BCUT2D eigenvalue weighted by molar-refractivity contribution is -0.115. The third-order valence-corrected chi connectivity index (χ3v) is 2.49. The van der Waals surface area contributed by atoms with Crippen LogP contribution in [0.3, 0.4) is 0 Å². The molecule has 0 radical (unpaired) electrons. The first-order valence-corrected chi connectivity index (χ1v) is 5.99. The maximum atomic E-state index is 11.8. The van der Waals surface area contributed by atoms with Gasteiger partial charge in [0.1, 0.15) is 11.0 Å². The molecule has 2 aromatic heterocycles. The molecule has 0 fully saturated rings. The number of anilines is 2. The summed E-state index contributed by atoms with van der Waals surface area (Å²) >= 11 is 11.3. The van der Waals surface area contributed by atoms with Gasteiger partial charge in [-0.3, -0.25) is 9.78 Å². The summed E-state index contributed by atoms with van der Waals surface area (Å²) in [5.41, 5.74) is 6.64. The summed E-state index contributed by atoms with van der Waals surface area (Å²) in [6, 6.07) is 4.75. The van der Waals surface area contributed by atoms with Gasteiger partial charge in [-0.25, -0.2) is 9.97 Å². The van der Waals surface area contributed by atoms with Crippen LogP contribution >= 0.6 is 23.2 Å². The number of nitrogens with two attached hydrogens (primary N) is 1. The largest absolute Gasteiger partial charge is 0.397 e. The second-order valence-electron chi connectivity index (χ2n) is 3.65. The topological polar surface area (TPSA) is 93.8 Å². The lowest BCUT2D eigenvalue weighted by atomic mass is 10.2. The Kier molecular flexibility index (Phi) is 4.13. The van der Waals surface area contributed by atoms with Crippen molar-refractivity contribution in [3.05, 3.63) is 40.5 Å². The summed E-state index contributed by atoms with van der Waals surface area (Å²) in [5, 5.41) is 2.68. The molecule has 0 atom stereocenters. The number of hydrogen-bond acceptors (Lipinski definition) is 5. The molecule has 2 aromatic rings. The molecular formula is C11H9Cl2N5O. The predicted octanol–water partition coefficient (Wildman–Crippen LogP) is 1.94. The van der Waals surface area contributed by atoms with Crippen LogP contribution in [-0.4, -0.2) is 20.9 Å². The zero-order valence-electron chi connectivity index (χ0n) is 9.60. The number of nitrogens with one attached hydrogen (secondary N) is 1. The van der Waals surface area contributed by atoms with Crippen molar-refractivity contribution in [1.82, 2.24) is 15.0 Å². The van der Waals surface area contributed by atoms with Crippen molar-refractivity contribution in [2.75, 3.05) is 11.1 Å². The van der Waals surface area contributed by atoms with Crippen molar-refractivity contribution in [3.8, 4) is 0 Å². The number of rotatable bonds is 3. The molecule has 19 heavy (non-hydrogen) atoms. The van der Waals surface area contributed by atoms with E-state index in [2.05, 4.69) is 20.3 Å². The Balaban J connectivity index is 2.03. The summed E-state index contributed by atoms with van der Waals surface area (Å²) < 4.78 is 0. The van der Waals surface area contributed by atoms with E-state index in [9.17, 15) is 4.79 Å². The third kappa shape index (κ3) is 4.04. The number of amides is 1. The molecule has 98 valence electrons. The summed E-state index contributed by atoms with van der Waals surface area (Å²) in [5.74, 6) is -0.0476. The van der Waals surface area contributed by atoms with Crippen molar-refractivity contribution < 1.29 is 4.79 Å². The molecule has 0 aliphatic carbocycles. The minimum atomic E-state index is -0.289. The average molecular weight is 298 g/mol. The Morgan fingerprint density at radius 2 is 2.11 bits per heavy atom. The first kappa shape index (κ1) is 13.5. The summed E-state index contributed by atoms with van der Waals surface area (Å²) in [6.45, 7) is 0. The summed E-state index contributed by atoms with van der Waals surface area (Å²) in [4.78, 5) is 23.3. The molecule has 1 amide bonds. The molecule has 0 saturated carbocycles. The first-order valence-electron chi connectivity index (χ1n) is 5.23. The molecule has 0 spiro atoms. The number of hydrogen-bond donors (Lipinski definition) is 2. The first-order chi connectivity index (χ1) is 9.02. The van der Waals surface area contributed by atoms with Crippen molar-refractivity contribution in [2.24, 2.45) is 0 Å². The normalized spacial score (nSPS) is 10.2. The quantitative estimate of drug-likeness (QED) is 0.667. The fourth-order valence-electron chi connectivity index (χ4n) is 1.35. The van der Waals surface area contributed by atoms with Crippen molar-refractivity contribution in [3.63, 3.8) is 0 Å². The Hall–Kier alpha value is -1.92. The minimum absolute atomic E-state index is 0.0339. The van der Waals surface area contributed by atoms with Crippen molar-refractivity contribution in [2.45, 2.75) is 6.42 Å². The second kappa shape index (κ2) is 5.81. The molecular weight excluding hydrogens is 289 g/mol. The molecule has 0 aliphatic heterocycles. The van der Waals surface area contributed by atoms with E-state index in [1.54, 1.807) is 12.1 Å². The molecule has 0 aliphatic rings. The lowest BCUT2D eigenvalue weighted by Crippen LogP contribution is -2.16. The van der Waals surface area contributed by atoms with Gasteiger partial charge in [0.2, 0.25) is 11.2 Å². The molecule has 0 bridgehead atoms. The maximum absolute atomic E-state index is 11.8. The molecule has 0 aromatic carbocycles. The van der Waals surface area contributed by atoms with Crippen LogP contribution in [0.1, 0.15) is 5.69 Å². The molecule has 0 unspecified atom stereocenters. The number of nitrogens with zero attached hydrogens (tertiary/aromatic N) is 3. The highest BCUT2D eigenvalue weighted by Gasteiger charge is 2.08. The molecule has 8 heteroatoms. The van der Waals surface area contributed by atoms with Gasteiger partial charge in [-0.15, -0.1) is 0 Å². The molecule has 2 heterocycles. The highest BCUT2D eigenvalue weighted by molar-refractivity contribution is 6.32. The fraction of sp³-hybridized carbons (Fsp3) is 0.0909. The van der Waals surface area contributed by atoms with E-state index in [0.29, 0.717) is 11.4 Å². The van der Waals surface area contributed by atoms with Gasteiger partial charge in [-0.1, -0.05) is 11.6 Å². The molecule has 2 rings (SSSR count). The van der Waals surface area contributed by atoms with Crippen LogP contribution in [-0.2, 0) is 11.2 Å². The molecule has 0 saturated heterocycles. The SMILES string of the molecule is Nc1ccc(CC(=O)Nc2cc(Cl)nc(Cl)n2)nc1. The number of pyridine rings is 1. The maximum Gasteiger partial charge on any atom is 0.231 e. The van der Waals surface area contributed by atoms with Crippen molar-refractivity contribution >= 4 is 40.6 Å². The number of carbonyl (C=O) groups is 1. The van der Waals surface area contributed by atoms with Crippen LogP contribution in [0, 0.1) is 0 Å². The van der Waals surface area contributed by atoms with E-state index in [1.807, 2.05) is 0 Å². The van der Waals surface area contributed by atoms with Gasteiger partial charge in [0.15, 0.2) is 0 Å². The van der Waals surface area contributed by atoms with E-state index in [4.69, 9.17) is 28.9 Å². The predicted molar refractivity (Wildman–Crippen MR) is 73.0 cm³/mol. The van der Waals surface area contributed by atoms with Gasteiger partial charge in [-0.2, -0.15) is 0 Å². The van der Waals surface area contributed by atoms with Gasteiger partial charge in [0.25, 0.3) is 0 Å². The Bertz CT molecular complexity index is 582. The van der Waals surface area contributed by atoms with Gasteiger partial charge in [0.05, 0.1) is 18.3 Å². The minimum Gasteiger partial charge on any atom is -0.397 e. The standard InChI is InChI=1S/C11H9Cl2N5O/c12-8-4-9(18-11(13)16-8)17-10(19)3-7-2-1-6(14)5-15-7/h1-2,4-5H,3,14H2,(H,16,17,18,19). The average Bonchev–Trinajstić information content (AvgIpc) is 2.30. The second-order valence-corrected chi connectivity index (χ2v) is 4.38. The number of aromatic nitrogens is 3. The Morgan fingerprint density at radius 1 is 1.32 bits per heavy atom. The smallest absolute Gasteiger partial charge is 0.231 e. The highest BCUT2D eigenvalue weighted by Crippen LogP contribution is 2.14. The van der Waals surface area contributed by atoms with Gasteiger partial charge >= 0.3 is 0 Å². The number of halogens is 2. The van der Waals surface area contributed by atoms with E-state index in [1.165, 1.54) is 12.3 Å². The van der Waals surface area contributed by atoms with E-state index >= 15 is 0 Å². The number of carbonyl (C=O) groups excluding carboxylic acids is 1. The van der Waals surface area contributed by atoms with Gasteiger partial charge < -0.3 is 11.1 Å². The van der Waals surface area contributed by atoms with E-state index < -0.39 is 0 Å². The zero-order chi connectivity index (χ0) is 13.8. The number of nitrogen functional groups attached to an aromatic ring is 1. The fourth-order valence-corrected chi connectivity index (χ4v) is 1.75. The van der Waals surface area contributed by atoms with Crippen LogP contribution < -0.4 is 11.1 Å². The monoisotopic (exact) mass is 297 g/mol. The zero-order valence-corrected chi connectivity index (χ0v) is 11.1. The third-order valence-electron chi connectivity index (χ3n) is 2.12. The van der Waals surface area contributed by atoms with Gasteiger partial charge in [0, 0.05) is 11.8 Å². The lowest BCUT2D eigenvalue weighted by Gasteiger charge is -2.05. The van der Waals surface area contributed by atoms with Gasteiger partial charge in [-0.05, 0) is 23.7 Å². The van der Waals surface area contributed by atoms with Crippen LogP contribution in [0.2, 0.25) is 10.4 Å². The summed E-state index contributed by atoms with van der Waals surface area (Å²) in [7, 11) is 0. The van der Waals surface area contributed by atoms with E-state index in [0.717, 1.165) is 0 Å². The molecule has 6 nitrogen and oxygen atoms in total. The van der Waals surface area contributed by atoms with Crippen molar-refractivity contribution in [1.29, 1.82) is 0 Å². The van der Waals surface area contributed by atoms with E-state index in [-0.39, 0.29) is 28.6 Å². The Labute approximate surface area is 119 Å². The van der Waals surface area contributed by atoms with Crippen LogP contribution in [0.25, 0.3) is 0 Å². The summed E-state index contributed by atoms with van der Waals surface area (Å²) in [6.07, 6.45) is 1.58. The molecule has 3 N–H and O–H groups in total. The Morgan fingerprint density at radius 3 is 2.74 bits per heavy atom. The highest BCUT2D eigenvalue weighted by atomic mass is 35.5. The van der Waals surface area contributed by atoms with Crippen LogP contribution in [0.15, 0.2) is 24.4 Å². The van der Waals surface area contributed by atoms with Crippen LogP contribution in [0.4, 0.5) is 11.5 Å².